The van der Waals surface area contributed by atoms with Gasteiger partial charge in [0.05, 0.1) is 0 Å². The van der Waals surface area contributed by atoms with Crippen LogP contribution in [0.5, 0.6) is 0 Å². The third-order valence-electron chi connectivity index (χ3n) is 2.70. The van der Waals surface area contributed by atoms with Gasteiger partial charge in [0.2, 0.25) is 0 Å². The Labute approximate surface area is 112 Å². The zero-order chi connectivity index (χ0) is 13.1. The molecule has 0 saturated carbocycles. The highest BCUT2D eigenvalue weighted by atomic mass is 79.9. The van der Waals surface area contributed by atoms with Gasteiger partial charge >= 0.3 is 5.97 Å². The van der Waals surface area contributed by atoms with Crippen molar-refractivity contribution < 1.29 is 19.4 Å². The summed E-state index contributed by atoms with van der Waals surface area (Å²) >= 11 is 3.30. The van der Waals surface area contributed by atoms with Gasteiger partial charge in [0.1, 0.15) is 6.10 Å². The molecule has 1 aliphatic heterocycles. The van der Waals surface area contributed by atoms with E-state index in [0.29, 0.717) is 18.5 Å². The molecule has 0 aliphatic carbocycles. The van der Waals surface area contributed by atoms with Crippen molar-refractivity contribution in [3.05, 3.63) is 28.7 Å². The number of amides is 1. The number of carbonyl (C=O) groups is 2. The Bertz CT molecular complexity index is 460. The minimum absolute atomic E-state index is 0.305. The number of carboxylic acid groups (broad SMARTS) is 1. The molecule has 1 aliphatic rings. The van der Waals surface area contributed by atoms with E-state index >= 15 is 0 Å². The van der Waals surface area contributed by atoms with Crippen LogP contribution in [0.2, 0.25) is 0 Å². The quantitative estimate of drug-likeness (QED) is 0.895. The van der Waals surface area contributed by atoms with Crippen LogP contribution in [0.15, 0.2) is 28.7 Å². The zero-order valence-corrected chi connectivity index (χ0v) is 11.0. The summed E-state index contributed by atoms with van der Waals surface area (Å²) in [6.45, 7) is 0. The Hall–Kier alpha value is -1.40. The van der Waals surface area contributed by atoms with Gasteiger partial charge in [-0.2, -0.15) is 0 Å². The summed E-state index contributed by atoms with van der Waals surface area (Å²) in [6, 6.07) is 7.13. The molecule has 0 spiro atoms. The van der Waals surface area contributed by atoms with Crippen LogP contribution in [0.1, 0.15) is 12.8 Å². The molecule has 2 rings (SSSR count). The van der Waals surface area contributed by atoms with Crippen molar-refractivity contribution in [1.29, 1.82) is 0 Å². The summed E-state index contributed by atoms with van der Waals surface area (Å²) < 4.78 is 6.08. The maximum Gasteiger partial charge on any atom is 0.332 e. The number of hydrogen-bond donors (Lipinski definition) is 2. The fourth-order valence-corrected chi connectivity index (χ4v) is 2.03. The molecular formula is C12H12BrNO4. The van der Waals surface area contributed by atoms with Crippen molar-refractivity contribution in [2.75, 3.05) is 5.32 Å². The molecule has 1 aromatic rings. The number of anilines is 1. The Morgan fingerprint density at radius 2 is 1.83 bits per heavy atom. The van der Waals surface area contributed by atoms with E-state index < -0.39 is 18.2 Å². The summed E-state index contributed by atoms with van der Waals surface area (Å²) in [4.78, 5) is 22.5. The lowest BCUT2D eigenvalue weighted by Crippen LogP contribution is -2.29. The average Bonchev–Trinajstić information content (AvgIpc) is 2.81. The molecule has 1 amide bonds. The highest BCUT2D eigenvalue weighted by Crippen LogP contribution is 2.22. The van der Waals surface area contributed by atoms with E-state index in [1.165, 1.54) is 0 Å². The fourth-order valence-electron chi connectivity index (χ4n) is 1.77. The van der Waals surface area contributed by atoms with Gasteiger partial charge in [0, 0.05) is 10.2 Å². The van der Waals surface area contributed by atoms with Crippen LogP contribution in [0, 0.1) is 0 Å². The molecule has 2 atom stereocenters. The highest BCUT2D eigenvalue weighted by molar-refractivity contribution is 9.10. The Morgan fingerprint density at radius 3 is 2.39 bits per heavy atom. The first-order valence-electron chi connectivity index (χ1n) is 5.51. The lowest BCUT2D eigenvalue weighted by Gasteiger charge is -2.11. The molecule has 18 heavy (non-hydrogen) atoms. The smallest absolute Gasteiger partial charge is 0.332 e. The SMILES string of the molecule is O=C(Nc1ccc(Br)cc1)[C@@H]1CC[C@H](C(=O)O)O1. The van der Waals surface area contributed by atoms with Gasteiger partial charge in [0.25, 0.3) is 5.91 Å². The number of carboxylic acids is 1. The van der Waals surface area contributed by atoms with E-state index in [1.807, 2.05) is 12.1 Å². The van der Waals surface area contributed by atoms with Gasteiger partial charge in [-0.05, 0) is 37.1 Å². The van der Waals surface area contributed by atoms with Crippen LogP contribution in [0.25, 0.3) is 0 Å². The molecule has 1 heterocycles. The van der Waals surface area contributed by atoms with E-state index in [2.05, 4.69) is 21.2 Å². The van der Waals surface area contributed by atoms with Crippen LogP contribution in [-0.4, -0.2) is 29.2 Å². The van der Waals surface area contributed by atoms with Crippen molar-refractivity contribution >= 4 is 33.5 Å². The predicted molar refractivity (Wildman–Crippen MR) is 68.3 cm³/mol. The lowest BCUT2D eigenvalue weighted by atomic mass is 10.2. The van der Waals surface area contributed by atoms with Crippen molar-refractivity contribution in [2.24, 2.45) is 0 Å². The second-order valence-electron chi connectivity index (χ2n) is 4.03. The number of rotatable bonds is 3. The molecule has 1 aromatic carbocycles. The van der Waals surface area contributed by atoms with E-state index in [1.54, 1.807) is 12.1 Å². The van der Waals surface area contributed by atoms with Crippen LogP contribution >= 0.6 is 15.9 Å². The van der Waals surface area contributed by atoms with Gasteiger partial charge < -0.3 is 15.2 Å². The molecule has 0 unspecified atom stereocenters. The molecule has 1 fully saturated rings. The first-order chi connectivity index (χ1) is 8.56. The van der Waals surface area contributed by atoms with Crippen LogP contribution in [0.3, 0.4) is 0 Å². The average molecular weight is 314 g/mol. The first kappa shape index (κ1) is 13.0. The van der Waals surface area contributed by atoms with Crippen molar-refractivity contribution in [3.63, 3.8) is 0 Å². The van der Waals surface area contributed by atoms with Crippen molar-refractivity contribution in [3.8, 4) is 0 Å². The van der Waals surface area contributed by atoms with Crippen molar-refractivity contribution in [1.82, 2.24) is 0 Å². The Kier molecular flexibility index (Phi) is 3.98. The van der Waals surface area contributed by atoms with Gasteiger partial charge in [-0.15, -0.1) is 0 Å². The van der Waals surface area contributed by atoms with Gasteiger partial charge in [-0.3, -0.25) is 4.79 Å². The van der Waals surface area contributed by atoms with Crippen LogP contribution in [0.4, 0.5) is 5.69 Å². The standard InChI is InChI=1S/C12H12BrNO4/c13-7-1-3-8(4-2-7)14-11(15)9-5-6-10(18-9)12(16)17/h1-4,9-10H,5-6H2,(H,14,15)(H,16,17)/t9-,10+/m0/s1. The third kappa shape index (κ3) is 3.08. The largest absolute Gasteiger partial charge is 0.479 e. The van der Waals surface area contributed by atoms with Crippen LogP contribution in [-0.2, 0) is 14.3 Å². The highest BCUT2D eigenvalue weighted by Gasteiger charge is 2.34. The second kappa shape index (κ2) is 5.49. The minimum Gasteiger partial charge on any atom is -0.479 e. The number of hydrogen-bond acceptors (Lipinski definition) is 3. The predicted octanol–water partition coefficient (Wildman–Crippen LogP) is 2.02. The minimum atomic E-state index is -1.02. The normalized spacial score (nSPS) is 22.7. The van der Waals surface area contributed by atoms with Gasteiger partial charge in [-0.25, -0.2) is 4.79 Å². The van der Waals surface area contributed by atoms with Crippen molar-refractivity contribution in [2.45, 2.75) is 25.0 Å². The summed E-state index contributed by atoms with van der Waals surface area (Å²) in [7, 11) is 0. The number of halogens is 1. The zero-order valence-electron chi connectivity index (χ0n) is 9.43. The number of benzene rings is 1. The molecular weight excluding hydrogens is 302 g/mol. The monoisotopic (exact) mass is 313 g/mol. The fraction of sp³-hybridized carbons (Fsp3) is 0.333. The lowest BCUT2D eigenvalue weighted by molar-refractivity contribution is -0.150. The number of aliphatic carboxylic acids is 1. The molecule has 2 N–H and O–H groups in total. The number of nitrogens with one attached hydrogen (secondary N) is 1. The van der Waals surface area contributed by atoms with E-state index in [4.69, 9.17) is 9.84 Å². The molecule has 96 valence electrons. The summed E-state index contributed by atoms with van der Waals surface area (Å²) in [5, 5.41) is 11.5. The number of ether oxygens (including phenoxy) is 1. The maximum atomic E-state index is 11.8. The van der Waals surface area contributed by atoms with E-state index in [-0.39, 0.29) is 5.91 Å². The van der Waals surface area contributed by atoms with Gasteiger partial charge in [0.15, 0.2) is 6.10 Å². The van der Waals surface area contributed by atoms with E-state index in [0.717, 1.165) is 4.47 Å². The second-order valence-corrected chi connectivity index (χ2v) is 4.94. The summed E-state index contributed by atoms with van der Waals surface area (Å²) in [6.07, 6.45) is -0.756. The molecule has 0 radical (unpaired) electrons. The summed E-state index contributed by atoms with van der Waals surface area (Å²) in [5.74, 6) is -1.32. The van der Waals surface area contributed by atoms with E-state index in [9.17, 15) is 9.59 Å². The Balaban J connectivity index is 1.93. The van der Waals surface area contributed by atoms with Crippen LogP contribution < -0.4 is 5.32 Å². The molecule has 1 saturated heterocycles. The first-order valence-corrected chi connectivity index (χ1v) is 6.30. The molecule has 0 bridgehead atoms. The molecule has 5 nitrogen and oxygen atoms in total. The Morgan fingerprint density at radius 1 is 1.22 bits per heavy atom. The topological polar surface area (TPSA) is 75.6 Å². The third-order valence-corrected chi connectivity index (χ3v) is 3.23. The molecule has 6 heteroatoms. The maximum absolute atomic E-state index is 11.8. The summed E-state index contributed by atoms with van der Waals surface area (Å²) in [5.41, 5.74) is 0.658. The number of carbonyl (C=O) groups excluding carboxylic acids is 1. The van der Waals surface area contributed by atoms with Gasteiger partial charge in [-0.1, -0.05) is 15.9 Å². The molecule has 0 aromatic heterocycles.